The number of oxime groups is 1. The van der Waals surface area contributed by atoms with Gasteiger partial charge < -0.3 is 25.2 Å². The molecule has 3 N–H and O–H groups in total. The van der Waals surface area contributed by atoms with Crippen LogP contribution in [0.4, 0.5) is 0 Å². The number of rotatable bonds is 3. The van der Waals surface area contributed by atoms with Gasteiger partial charge in [-0.25, -0.2) is 9.97 Å². The molecule has 1 aromatic heterocycles. The molecule has 0 amide bonds. The van der Waals surface area contributed by atoms with Crippen molar-refractivity contribution in [2.75, 3.05) is 6.79 Å². The summed E-state index contributed by atoms with van der Waals surface area (Å²) >= 11 is 0. The second-order valence-electron chi connectivity index (χ2n) is 3.84. The predicted molar refractivity (Wildman–Crippen MR) is 67.2 cm³/mol. The number of aromatic nitrogens is 2. The third kappa shape index (κ3) is 2.26. The third-order valence-corrected chi connectivity index (χ3v) is 2.56. The molecule has 1 aromatic carbocycles. The van der Waals surface area contributed by atoms with Crippen LogP contribution in [0, 0.1) is 0 Å². The standard InChI is InChI=1S/C12H10N4O4/c13-12(16-17)8-4-15-11(5-14-8)20-7-1-2-9-10(3-7)19-6-18-9/h1-5,17H,6H2,(H2,13,16). The van der Waals surface area contributed by atoms with Crippen LogP contribution >= 0.6 is 0 Å². The van der Waals surface area contributed by atoms with Crippen LogP contribution < -0.4 is 19.9 Å². The van der Waals surface area contributed by atoms with E-state index in [1.54, 1.807) is 18.2 Å². The highest BCUT2D eigenvalue weighted by atomic mass is 16.7. The summed E-state index contributed by atoms with van der Waals surface area (Å²) in [6.45, 7) is 0.201. The second-order valence-corrected chi connectivity index (χ2v) is 3.84. The number of nitrogens with zero attached hydrogens (tertiary/aromatic N) is 3. The first-order valence-electron chi connectivity index (χ1n) is 5.64. The number of ether oxygens (including phenoxy) is 3. The van der Waals surface area contributed by atoms with Crippen molar-refractivity contribution in [1.29, 1.82) is 0 Å². The van der Waals surface area contributed by atoms with Crippen LogP contribution in [0.2, 0.25) is 0 Å². The normalized spacial score (nSPS) is 13.3. The van der Waals surface area contributed by atoms with Gasteiger partial charge in [0.1, 0.15) is 11.4 Å². The first-order valence-corrected chi connectivity index (χ1v) is 5.64. The van der Waals surface area contributed by atoms with Crippen LogP contribution in [0.5, 0.6) is 23.1 Å². The van der Waals surface area contributed by atoms with Gasteiger partial charge in [0.05, 0.1) is 12.4 Å². The smallest absolute Gasteiger partial charge is 0.237 e. The number of amidine groups is 1. The van der Waals surface area contributed by atoms with E-state index in [2.05, 4.69) is 15.1 Å². The summed E-state index contributed by atoms with van der Waals surface area (Å²) in [6, 6.07) is 5.17. The zero-order valence-corrected chi connectivity index (χ0v) is 10.2. The highest BCUT2D eigenvalue weighted by Gasteiger charge is 2.14. The molecule has 3 rings (SSSR count). The molecule has 0 saturated carbocycles. The van der Waals surface area contributed by atoms with Crippen LogP contribution in [-0.2, 0) is 0 Å². The van der Waals surface area contributed by atoms with Crippen molar-refractivity contribution in [2.45, 2.75) is 0 Å². The van der Waals surface area contributed by atoms with E-state index in [-0.39, 0.29) is 24.2 Å². The molecule has 0 bridgehead atoms. The van der Waals surface area contributed by atoms with Crippen molar-refractivity contribution in [3.8, 4) is 23.1 Å². The minimum Gasteiger partial charge on any atom is -0.454 e. The lowest BCUT2D eigenvalue weighted by Crippen LogP contribution is -2.15. The van der Waals surface area contributed by atoms with E-state index in [1.165, 1.54) is 12.4 Å². The summed E-state index contributed by atoms with van der Waals surface area (Å²) in [5, 5.41) is 11.4. The summed E-state index contributed by atoms with van der Waals surface area (Å²) < 4.78 is 16.0. The molecule has 102 valence electrons. The summed E-state index contributed by atoms with van der Waals surface area (Å²) in [5.41, 5.74) is 5.64. The van der Waals surface area contributed by atoms with Gasteiger partial charge in [-0.2, -0.15) is 0 Å². The first-order chi connectivity index (χ1) is 9.76. The number of nitrogens with two attached hydrogens (primary N) is 1. The molecule has 8 heteroatoms. The van der Waals surface area contributed by atoms with Gasteiger partial charge in [0.2, 0.25) is 12.7 Å². The van der Waals surface area contributed by atoms with Gasteiger partial charge in [0.15, 0.2) is 17.3 Å². The molecular formula is C12H10N4O4. The molecule has 2 heterocycles. The van der Waals surface area contributed by atoms with E-state index >= 15 is 0 Å². The Morgan fingerprint density at radius 3 is 2.85 bits per heavy atom. The fourth-order valence-corrected chi connectivity index (χ4v) is 1.61. The molecule has 0 spiro atoms. The second kappa shape index (κ2) is 4.92. The van der Waals surface area contributed by atoms with Gasteiger partial charge in [-0.05, 0) is 12.1 Å². The number of hydrogen-bond acceptors (Lipinski definition) is 7. The third-order valence-electron chi connectivity index (χ3n) is 2.56. The zero-order chi connectivity index (χ0) is 13.9. The molecule has 1 aliphatic heterocycles. The SMILES string of the molecule is NC(=NO)c1cnc(Oc2ccc3c(c2)OCO3)cn1. The number of fused-ring (bicyclic) bond motifs is 1. The van der Waals surface area contributed by atoms with Gasteiger partial charge in [-0.15, -0.1) is 0 Å². The maximum atomic E-state index is 8.52. The van der Waals surface area contributed by atoms with Crippen LogP contribution in [-0.4, -0.2) is 27.8 Å². The average Bonchev–Trinajstić information content (AvgIpc) is 2.95. The largest absolute Gasteiger partial charge is 0.454 e. The van der Waals surface area contributed by atoms with Crippen molar-refractivity contribution < 1.29 is 19.4 Å². The molecule has 20 heavy (non-hydrogen) atoms. The fraction of sp³-hybridized carbons (Fsp3) is 0.0833. The molecule has 2 aromatic rings. The first kappa shape index (κ1) is 12.0. The fourth-order valence-electron chi connectivity index (χ4n) is 1.61. The minimum atomic E-state index is -0.118. The Kier molecular flexibility index (Phi) is 2.96. The quantitative estimate of drug-likeness (QED) is 0.373. The summed E-state index contributed by atoms with van der Waals surface area (Å²) in [5.74, 6) is 1.99. The molecule has 0 saturated heterocycles. The minimum absolute atomic E-state index is 0.118. The van der Waals surface area contributed by atoms with Gasteiger partial charge in [-0.1, -0.05) is 5.16 Å². The average molecular weight is 274 g/mol. The summed E-state index contributed by atoms with van der Waals surface area (Å²) in [7, 11) is 0. The van der Waals surface area contributed by atoms with E-state index in [1.807, 2.05) is 0 Å². The Morgan fingerprint density at radius 1 is 1.25 bits per heavy atom. The van der Waals surface area contributed by atoms with E-state index in [0.29, 0.717) is 17.2 Å². The number of benzene rings is 1. The molecule has 0 radical (unpaired) electrons. The topological polar surface area (TPSA) is 112 Å². The zero-order valence-electron chi connectivity index (χ0n) is 10.2. The van der Waals surface area contributed by atoms with Crippen molar-refractivity contribution in [3.05, 3.63) is 36.3 Å². The molecule has 0 fully saturated rings. The Morgan fingerprint density at radius 2 is 2.10 bits per heavy atom. The lowest BCUT2D eigenvalue weighted by atomic mass is 10.3. The lowest BCUT2D eigenvalue weighted by molar-refractivity contribution is 0.174. The molecular weight excluding hydrogens is 264 g/mol. The van der Waals surface area contributed by atoms with Crippen molar-refractivity contribution in [2.24, 2.45) is 10.9 Å². The maximum absolute atomic E-state index is 8.52. The van der Waals surface area contributed by atoms with E-state index < -0.39 is 0 Å². The van der Waals surface area contributed by atoms with E-state index in [0.717, 1.165) is 0 Å². The summed E-state index contributed by atoms with van der Waals surface area (Å²) in [6.07, 6.45) is 2.72. The molecule has 0 atom stereocenters. The van der Waals surface area contributed by atoms with E-state index in [9.17, 15) is 0 Å². The Hall–Kier alpha value is -3.03. The van der Waals surface area contributed by atoms with Gasteiger partial charge >= 0.3 is 0 Å². The number of hydrogen-bond donors (Lipinski definition) is 2. The summed E-state index contributed by atoms with van der Waals surface area (Å²) in [4.78, 5) is 7.97. The Balaban J connectivity index is 1.78. The molecule has 0 aliphatic carbocycles. The van der Waals surface area contributed by atoms with Crippen molar-refractivity contribution in [3.63, 3.8) is 0 Å². The highest BCUT2D eigenvalue weighted by molar-refractivity contribution is 5.94. The Labute approximate surface area is 113 Å². The highest BCUT2D eigenvalue weighted by Crippen LogP contribution is 2.36. The monoisotopic (exact) mass is 274 g/mol. The van der Waals surface area contributed by atoms with Crippen LogP contribution in [0.1, 0.15) is 5.69 Å². The molecule has 0 unspecified atom stereocenters. The Bertz CT molecular complexity index is 657. The van der Waals surface area contributed by atoms with Gasteiger partial charge in [-0.3, -0.25) is 0 Å². The van der Waals surface area contributed by atoms with Crippen molar-refractivity contribution in [1.82, 2.24) is 9.97 Å². The molecule has 8 nitrogen and oxygen atoms in total. The predicted octanol–water partition coefficient (Wildman–Crippen LogP) is 1.09. The van der Waals surface area contributed by atoms with Crippen LogP contribution in [0.3, 0.4) is 0 Å². The lowest BCUT2D eigenvalue weighted by Gasteiger charge is -2.05. The van der Waals surface area contributed by atoms with Gasteiger partial charge in [0.25, 0.3) is 0 Å². The van der Waals surface area contributed by atoms with E-state index in [4.69, 9.17) is 25.2 Å². The van der Waals surface area contributed by atoms with Crippen LogP contribution in [0.15, 0.2) is 35.7 Å². The maximum Gasteiger partial charge on any atom is 0.237 e. The molecule has 1 aliphatic rings. The van der Waals surface area contributed by atoms with Gasteiger partial charge in [0, 0.05) is 6.07 Å². The van der Waals surface area contributed by atoms with Crippen molar-refractivity contribution >= 4 is 5.84 Å². The van der Waals surface area contributed by atoms with Crippen LogP contribution in [0.25, 0.3) is 0 Å².